The SMILES string of the molecule is CCN(CC)CCC(=O)NCCc1ccc(OC)cc1. The third-order valence-electron chi connectivity index (χ3n) is 3.44. The number of hydrogen-bond donors (Lipinski definition) is 1. The van der Waals surface area contributed by atoms with E-state index in [-0.39, 0.29) is 5.91 Å². The zero-order valence-electron chi connectivity index (χ0n) is 12.8. The zero-order valence-corrected chi connectivity index (χ0v) is 12.8. The van der Waals surface area contributed by atoms with Gasteiger partial charge in [0.1, 0.15) is 5.75 Å². The summed E-state index contributed by atoms with van der Waals surface area (Å²) in [7, 11) is 1.66. The summed E-state index contributed by atoms with van der Waals surface area (Å²) in [5.41, 5.74) is 1.20. The zero-order chi connectivity index (χ0) is 14.8. The van der Waals surface area contributed by atoms with Crippen LogP contribution >= 0.6 is 0 Å². The fourth-order valence-electron chi connectivity index (χ4n) is 2.03. The lowest BCUT2D eigenvalue weighted by atomic mass is 10.1. The molecule has 0 saturated carbocycles. The van der Waals surface area contributed by atoms with Crippen molar-refractivity contribution >= 4 is 5.91 Å². The van der Waals surface area contributed by atoms with Crippen LogP contribution in [0.15, 0.2) is 24.3 Å². The Balaban J connectivity index is 2.20. The number of ether oxygens (including phenoxy) is 1. The molecule has 1 rings (SSSR count). The van der Waals surface area contributed by atoms with Gasteiger partial charge < -0.3 is 15.0 Å². The van der Waals surface area contributed by atoms with Gasteiger partial charge in [-0.3, -0.25) is 4.79 Å². The van der Waals surface area contributed by atoms with Gasteiger partial charge in [-0.25, -0.2) is 0 Å². The minimum Gasteiger partial charge on any atom is -0.497 e. The Hall–Kier alpha value is -1.55. The Labute approximate surface area is 122 Å². The number of benzene rings is 1. The third-order valence-corrected chi connectivity index (χ3v) is 3.44. The molecule has 1 aromatic carbocycles. The van der Waals surface area contributed by atoms with Crippen LogP contribution in [0.5, 0.6) is 5.75 Å². The second-order valence-corrected chi connectivity index (χ2v) is 4.72. The smallest absolute Gasteiger partial charge is 0.221 e. The number of rotatable bonds is 9. The molecule has 4 heteroatoms. The summed E-state index contributed by atoms with van der Waals surface area (Å²) in [5, 5.41) is 2.97. The van der Waals surface area contributed by atoms with E-state index in [1.807, 2.05) is 24.3 Å². The number of carbonyl (C=O) groups is 1. The van der Waals surface area contributed by atoms with E-state index in [2.05, 4.69) is 24.1 Å². The molecule has 0 aromatic heterocycles. The van der Waals surface area contributed by atoms with Crippen LogP contribution in [-0.2, 0) is 11.2 Å². The van der Waals surface area contributed by atoms with Crippen molar-refractivity contribution in [3.05, 3.63) is 29.8 Å². The van der Waals surface area contributed by atoms with Gasteiger partial charge in [-0.1, -0.05) is 26.0 Å². The van der Waals surface area contributed by atoms with Crippen LogP contribution in [0.25, 0.3) is 0 Å². The number of nitrogens with one attached hydrogen (secondary N) is 1. The van der Waals surface area contributed by atoms with Crippen molar-refractivity contribution in [3.8, 4) is 5.75 Å². The summed E-state index contributed by atoms with van der Waals surface area (Å²) in [6, 6.07) is 7.94. The monoisotopic (exact) mass is 278 g/mol. The van der Waals surface area contributed by atoms with Crippen molar-refractivity contribution in [2.24, 2.45) is 0 Å². The van der Waals surface area contributed by atoms with Crippen molar-refractivity contribution in [2.45, 2.75) is 26.7 Å². The Morgan fingerprint density at radius 2 is 1.85 bits per heavy atom. The van der Waals surface area contributed by atoms with Gasteiger partial charge in [-0.2, -0.15) is 0 Å². The van der Waals surface area contributed by atoms with Crippen molar-refractivity contribution < 1.29 is 9.53 Å². The predicted octanol–water partition coefficient (Wildman–Crippen LogP) is 2.09. The lowest BCUT2D eigenvalue weighted by Gasteiger charge is -2.17. The molecular weight excluding hydrogens is 252 g/mol. The second-order valence-electron chi connectivity index (χ2n) is 4.72. The lowest BCUT2D eigenvalue weighted by molar-refractivity contribution is -0.121. The van der Waals surface area contributed by atoms with Gasteiger partial charge in [0.2, 0.25) is 5.91 Å². The molecule has 0 spiro atoms. The first kappa shape index (κ1) is 16.5. The van der Waals surface area contributed by atoms with E-state index in [0.717, 1.165) is 31.8 Å². The van der Waals surface area contributed by atoms with E-state index in [9.17, 15) is 4.79 Å². The summed E-state index contributed by atoms with van der Waals surface area (Å²) in [6.45, 7) is 7.74. The number of nitrogens with zero attached hydrogens (tertiary/aromatic N) is 1. The number of amides is 1. The van der Waals surface area contributed by atoms with E-state index in [1.54, 1.807) is 7.11 Å². The van der Waals surface area contributed by atoms with Crippen LogP contribution in [0.3, 0.4) is 0 Å². The van der Waals surface area contributed by atoms with Crippen molar-refractivity contribution in [3.63, 3.8) is 0 Å². The maximum absolute atomic E-state index is 11.7. The molecule has 0 radical (unpaired) electrons. The molecule has 0 atom stereocenters. The van der Waals surface area contributed by atoms with E-state index >= 15 is 0 Å². The highest BCUT2D eigenvalue weighted by Crippen LogP contribution is 2.11. The number of hydrogen-bond acceptors (Lipinski definition) is 3. The summed E-state index contributed by atoms with van der Waals surface area (Å²) < 4.78 is 5.11. The minimum absolute atomic E-state index is 0.130. The maximum atomic E-state index is 11.7. The first-order valence-electron chi connectivity index (χ1n) is 7.31. The van der Waals surface area contributed by atoms with Crippen LogP contribution in [0.4, 0.5) is 0 Å². The Bertz CT molecular complexity index is 386. The molecular formula is C16H26N2O2. The molecule has 0 aliphatic rings. The normalized spacial score (nSPS) is 10.6. The van der Waals surface area contributed by atoms with Gasteiger partial charge in [-0.15, -0.1) is 0 Å². The second kappa shape index (κ2) is 9.37. The standard InChI is InChI=1S/C16H26N2O2/c1-4-18(5-2)13-11-16(19)17-12-10-14-6-8-15(20-3)9-7-14/h6-9H,4-5,10-13H2,1-3H3,(H,17,19). The Morgan fingerprint density at radius 1 is 1.20 bits per heavy atom. The van der Waals surface area contributed by atoms with Gasteiger partial charge in [0, 0.05) is 19.5 Å². The highest BCUT2D eigenvalue weighted by atomic mass is 16.5. The fourth-order valence-corrected chi connectivity index (χ4v) is 2.03. The molecule has 1 amide bonds. The molecule has 0 fully saturated rings. The van der Waals surface area contributed by atoms with Crippen LogP contribution in [0, 0.1) is 0 Å². The van der Waals surface area contributed by atoms with Gasteiger partial charge >= 0.3 is 0 Å². The molecule has 0 heterocycles. The van der Waals surface area contributed by atoms with Gasteiger partial charge in [-0.05, 0) is 37.2 Å². The average molecular weight is 278 g/mol. The highest BCUT2D eigenvalue weighted by Gasteiger charge is 2.04. The van der Waals surface area contributed by atoms with Crippen molar-refractivity contribution in [1.82, 2.24) is 10.2 Å². The molecule has 0 aliphatic heterocycles. The Morgan fingerprint density at radius 3 is 2.40 bits per heavy atom. The molecule has 0 bridgehead atoms. The van der Waals surface area contributed by atoms with Crippen LogP contribution in [0.2, 0.25) is 0 Å². The first-order valence-corrected chi connectivity index (χ1v) is 7.31. The number of methoxy groups -OCH3 is 1. The maximum Gasteiger partial charge on any atom is 0.221 e. The van der Waals surface area contributed by atoms with E-state index in [0.29, 0.717) is 13.0 Å². The molecule has 1 N–H and O–H groups in total. The summed E-state index contributed by atoms with van der Waals surface area (Å²) >= 11 is 0. The molecule has 0 aliphatic carbocycles. The van der Waals surface area contributed by atoms with Crippen molar-refractivity contribution in [1.29, 1.82) is 0 Å². The molecule has 20 heavy (non-hydrogen) atoms. The summed E-state index contributed by atoms with van der Waals surface area (Å²) in [4.78, 5) is 14.0. The largest absolute Gasteiger partial charge is 0.497 e. The van der Waals surface area contributed by atoms with Gasteiger partial charge in [0.05, 0.1) is 7.11 Å². The number of carbonyl (C=O) groups excluding carboxylic acids is 1. The molecule has 112 valence electrons. The summed E-state index contributed by atoms with van der Waals surface area (Å²) in [6.07, 6.45) is 1.42. The van der Waals surface area contributed by atoms with E-state index in [4.69, 9.17) is 4.74 Å². The molecule has 1 aromatic rings. The molecule has 0 saturated heterocycles. The summed E-state index contributed by atoms with van der Waals surface area (Å²) in [5.74, 6) is 0.988. The molecule has 0 unspecified atom stereocenters. The topological polar surface area (TPSA) is 41.6 Å². The van der Waals surface area contributed by atoms with E-state index < -0.39 is 0 Å². The van der Waals surface area contributed by atoms with Crippen molar-refractivity contribution in [2.75, 3.05) is 33.3 Å². The van der Waals surface area contributed by atoms with Gasteiger partial charge in [0.25, 0.3) is 0 Å². The first-order chi connectivity index (χ1) is 9.69. The quantitative estimate of drug-likeness (QED) is 0.752. The third kappa shape index (κ3) is 6.06. The van der Waals surface area contributed by atoms with Crippen LogP contribution in [0.1, 0.15) is 25.8 Å². The average Bonchev–Trinajstić information content (AvgIpc) is 2.49. The van der Waals surface area contributed by atoms with E-state index in [1.165, 1.54) is 5.56 Å². The fraction of sp³-hybridized carbons (Fsp3) is 0.562. The van der Waals surface area contributed by atoms with Crippen LogP contribution < -0.4 is 10.1 Å². The van der Waals surface area contributed by atoms with Gasteiger partial charge in [0.15, 0.2) is 0 Å². The minimum atomic E-state index is 0.130. The Kier molecular flexibility index (Phi) is 7.73. The predicted molar refractivity (Wildman–Crippen MR) is 82.1 cm³/mol. The molecule has 4 nitrogen and oxygen atoms in total. The highest BCUT2D eigenvalue weighted by molar-refractivity contribution is 5.76. The lowest BCUT2D eigenvalue weighted by Crippen LogP contribution is -2.31. The van der Waals surface area contributed by atoms with Crippen LogP contribution in [-0.4, -0.2) is 44.1 Å².